The second-order valence-corrected chi connectivity index (χ2v) is 0.780. The Labute approximate surface area is 49.5 Å². The van der Waals surface area contributed by atoms with Crippen LogP contribution in [0.2, 0.25) is 0 Å². The van der Waals surface area contributed by atoms with Gasteiger partial charge >= 0.3 is 5.97 Å². The van der Waals surface area contributed by atoms with Gasteiger partial charge in [-0.2, -0.15) is 0 Å². The average molecular weight is 108 g/mol. The molecular formula is C4H9NO2. The molecule has 2 N–H and O–H groups in total. The van der Waals surface area contributed by atoms with Gasteiger partial charge in [-0.25, -0.2) is 0 Å². The maximum Gasteiger partial charge on any atom is 0.319 e. The average Bonchev–Trinajstić information content (AvgIpc) is 1.84. The van der Waals surface area contributed by atoms with Crippen LogP contribution in [0.3, 0.4) is 0 Å². The van der Waals surface area contributed by atoms with Gasteiger partial charge in [-0.1, -0.05) is 0 Å². The number of carbonyl (C=O) groups excluding carboxylic acids is 1. The fourth-order valence-corrected chi connectivity index (χ4v) is 0.0986. The quantitative estimate of drug-likeness (QED) is 0.485. The van der Waals surface area contributed by atoms with E-state index in [1.807, 2.05) is 0 Å². The lowest BCUT2D eigenvalue weighted by Gasteiger charge is -1.93. The molecule has 0 heterocycles. The molecule has 3 heteroatoms. The van der Waals surface area contributed by atoms with E-state index in [-0.39, 0.29) is 0 Å². The van der Waals surface area contributed by atoms with Gasteiger partial charge in [0.05, 0.1) is 15.8 Å². The number of hydrogen-bond acceptors (Lipinski definition) is 3. The summed E-state index contributed by atoms with van der Waals surface area (Å²) < 4.78 is 37.5. The van der Waals surface area contributed by atoms with Crippen molar-refractivity contribution in [1.29, 1.82) is 0 Å². The lowest BCUT2D eigenvalue weighted by atomic mass is 10.7. The van der Waals surface area contributed by atoms with E-state index in [2.05, 4.69) is 4.74 Å². The summed E-state index contributed by atoms with van der Waals surface area (Å²) in [5, 5.41) is 0. The Morgan fingerprint density at radius 2 is 3.00 bits per heavy atom. The van der Waals surface area contributed by atoms with Crippen LogP contribution in [-0.2, 0) is 9.53 Å². The zero-order valence-corrected chi connectivity index (χ0v) is 3.60. The fraction of sp³-hybridized carbons (Fsp3) is 0.750. The molecular weight excluding hydrogens is 94.0 g/mol. The smallest absolute Gasteiger partial charge is 0.319 e. The van der Waals surface area contributed by atoms with E-state index in [0.717, 1.165) is 0 Å². The maximum atomic E-state index is 10.4. The van der Waals surface area contributed by atoms with Crippen molar-refractivity contribution in [3.63, 3.8) is 0 Å². The number of carbonyl (C=O) groups is 1. The number of nitrogens with two attached hydrogens (primary N) is 1. The molecule has 0 unspecified atom stereocenters. The number of rotatable bonds is 2. The molecule has 7 heavy (non-hydrogen) atoms. The van der Waals surface area contributed by atoms with E-state index in [4.69, 9.17) is 12.6 Å². The summed E-state index contributed by atoms with van der Waals surface area (Å²) >= 11 is 0. The van der Waals surface area contributed by atoms with Crippen molar-refractivity contribution in [2.75, 3.05) is 13.1 Å². The van der Waals surface area contributed by atoms with E-state index in [0.29, 0.717) is 0 Å². The topological polar surface area (TPSA) is 52.3 Å². The number of esters is 1. The summed E-state index contributed by atoms with van der Waals surface area (Å²) in [5.41, 5.74) is 4.80. The molecule has 0 fully saturated rings. The van der Waals surface area contributed by atoms with Gasteiger partial charge in [-0.15, -0.1) is 0 Å². The van der Waals surface area contributed by atoms with Crippen molar-refractivity contribution in [3.8, 4) is 0 Å². The highest BCUT2D eigenvalue weighted by Gasteiger charge is 1.91. The molecule has 0 aromatic heterocycles. The third-order valence-corrected chi connectivity index (χ3v) is 0.332. The van der Waals surface area contributed by atoms with Gasteiger partial charge in [0.25, 0.3) is 0 Å². The largest absolute Gasteiger partial charge is 0.465 e. The summed E-state index contributed by atoms with van der Waals surface area (Å²) in [4.78, 5) is 10.4. The van der Waals surface area contributed by atoms with Gasteiger partial charge in [-0.05, 0) is 6.85 Å². The molecule has 0 saturated carbocycles. The monoisotopic (exact) mass is 108 g/mol. The van der Waals surface area contributed by atoms with Crippen LogP contribution in [0, 0.1) is 0 Å². The Morgan fingerprint density at radius 3 is 3.43 bits per heavy atom. The van der Waals surface area contributed by atoms with Crippen LogP contribution < -0.4 is 5.73 Å². The molecule has 0 atom stereocenters. The molecule has 3 nitrogen and oxygen atoms in total. The molecule has 0 spiro atoms. The zero-order chi connectivity index (χ0) is 9.99. The van der Waals surface area contributed by atoms with Crippen molar-refractivity contribution < 1.29 is 16.4 Å². The predicted octanol–water partition coefficient (Wildman–Crippen LogP) is -0.492. The van der Waals surface area contributed by atoms with Gasteiger partial charge in [0.1, 0.15) is 0 Å². The number of ether oxygens (including phenoxy) is 1. The Balaban J connectivity index is 4.33. The van der Waals surface area contributed by atoms with Gasteiger partial charge in [-0.3, -0.25) is 4.79 Å². The van der Waals surface area contributed by atoms with Crippen LogP contribution in [0.25, 0.3) is 0 Å². The highest BCUT2D eigenvalue weighted by Crippen LogP contribution is 1.69. The lowest BCUT2D eigenvalue weighted by Crippen LogP contribution is -2.16. The predicted molar refractivity (Wildman–Crippen MR) is 25.7 cm³/mol. The minimum atomic E-state index is -2.99. The van der Waals surface area contributed by atoms with Gasteiger partial charge in [0, 0.05) is 4.11 Å². The molecule has 0 aromatic rings. The molecule has 0 radical (unpaired) electrons. The number of hydrogen-bond donors (Lipinski definition) is 1. The van der Waals surface area contributed by atoms with E-state index < -0.39 is 25.9 Å². The van der Waals surface area contributed by atoms with Gasteiger partial charge in [0.2, 0.25) is 0 Å². The first-order valence-corrected chi connectivity index (χ1v) is 1.62. The van der Waals surface area contributed by atoms with Crippen LogP contribution in [0.1, 0.15) is 13.7 Å². The Morgan fingerprint density at radius 1 is 2.29 bits per heavy atom. The minimum Gasteiger partial charge on any atom is -0.465 e. The van der Waals surface area contributed by atoms with E-state index >= 15 is 0 Å². The highest BCUT2D eigenvalue weighted by atomic mass is 16.5. The lowest BCUT2D eigenvalue weighted by molar-refractivity contribution is -0.141. The minimum absolute atomic E-state index is 0.546. The van der Waals surface area contributed by atoms with Crippen LogP contribution in [0.4, 0.5) is 0 Å². The molecule has 0 aliphatic heterocycles. The first-order chi connectivity index (χ1) is 5.20. The Hall–Kier alpha value is -0.570. The van der Waals surface area contributed by atoms with Crippen molar-refractivity contribution in [2.45, 2.75) is 6.85 Å². The third-order valence-electron chi connectivity index (χ3n) is 0.332. The first-order valence-electron chi connectivity index (χ1n) is 4.12. The van der Waals surface area contributed by atoms with Crippen molar-refractivity contribution in [2.24, 2.45) is 5.73 Å². The second kappa shape index (κ2) is 3.61. The second-order valence-electron chi connectivity index (χ2n) is 0.780. The summed E-state index contributed by atoms with van der Waals surface area (Å²) in [6, 6.07) is 0. The van der Waals surface area contributed by atoms with Crippen LogP contribution in [0.5, 0.6) is 0 Å². The summed E-state index contributed by atoms with van der Waals surface area (Å²) in [6.07, 6.45) is 0. The Kier molecular flexibility index (Phi) is 0.900. The molecule has 0 aliphatic carbocycles. The molecule has 0 aliphatic rings. The highest BCUT2D eigenvalue weighted by molar-refractivity contribution is 5.71. The van der Waals surface area contributed by atoms with E-state index in [1.54, 1.807) is 0 Å². The van der Waals surface area contributed by atoms with Crippen molar-refractivity contribution in [3.05, 3.63) is 0 Å². The Bertz CT molecular complexity index is 177. The molecule has 42 valence electrons. The molecule has 0 bridgehead atoms. The van der Waals surface area contributed by atoms with Crippen LogP contribution >= 0.6 is 0 Å². The van der Waals surface area contributed by atoms with Crippen molar-refractivity contribution in [1.82, 2.24) is 0 Å². The van der Waals surface area contributed by atoms with E-state index in [9.17, 15) is 4.79 Å². The molecule has 0 saturated heterocycles. The SMILES string of the molecule is [2H]C([2H])([2H])C([2H])([2H])OC(=O)CN. The van der Waals surface area contributed by atoms with Crippen LogP contribution in [0.15, 0.2) is 0 Å². The van der Waals surface area contributed by atoms with Crippen molar-refractivity contribution >= 4 is 5.97 Å². The zero-order valence-electron chi connectivity index (χ0n) is 8.60. The normalized spacial score (nSPS) is 22.7. The standard InChI is InChI=1S/C4H9NO2/c1-2-7-4(6)3-5/h2-3,5H2,1H3/i1D3,2D2. The van der Waals surface area contributed by atoms with Crippen LogP contribution in [-0.4, -0.2) is 19.1 Å². The van der Waals surface area contributed by atoms with Gasteiger partial charge in [0.15, 0.2) is 0 Å². The maximum absolute atomic E-state index is 10.4. The summed E-state index contributed by atoms with van der Waals surface area (Å²) in [5.74, 6) is -1.09. The molecule has 0 amide bonds. The third kappa shape index (κ3) is 3.26. The molecule has 0 aromatic carbocycles. The first kappa shape index (κ1) is 1.74. The summed E-state index contributed by atoms with van der Waals surface area (Å²) in [7, 11) is 0. The van der Waals surface area contributed by atoms with Gasteiger partial charge < -0.3 is 10.5 Å². The summed E-state index contributed by atoms with van der Waals surface area (Å²) in [6.45, 7) is -6.50. The van der Waals surface area contributed by atoms with E-state index in [1.165, 1.54) is 0 Å². The fourth-order valence-electron chi connectivity index (χ4n) is 0.0986. The molecule has 0 rings (SSSR count).